The molecule has 47 heavy (non-hydrogen) atoms. The number of para-hydroxylation sites is 1. The number of amides is 3. The third-order valence-corrected chi connectivity index (χ3v) is 7.19. The van der Waals surface area contributed by atoms with Gasteiger partial charge < -0.3 is 29.7 Å². The maximum Gasteiger partial charge on any atom is 0.313 e. The summed E-state index contributed by atoms with van der Waals surface area (Å²) in [6.45, 7) is 9.01. The van der Waals surface area contributed by atoms with Gasteiger partial charge in [0.1, 0.15) is 25.1 Å². The molecule has 0 saturated carbocycles. The van der Waals surface area contributed by atoms with Crippen molar-refractivity contribution in [1.29, 1.82) is 0 Å². The fourth-order valence-electron chi connectivity index (χ4n) is 4.70. The molecule has 1 heterocycles. The van der Waals surface area contributed by atoms with Crippen LogP contribution in [-0.4, -0.2) is 79.4 Å². The van der Waals surface area contributed by atoms with Gasteiger partial charge in [-0.1, -0.05) is 51.6 Å². The van der Waals surface area contributed by atoms with E-state index in [9.17, 15) is 37.1 Å². The van der Waals surface area contributed by atoms with Gasteiger partial charge >= 0.3 is 17.8 Å². The predicted octanol–water partition coefficient (Wildman–Crippen LogP) is 3.52. The number of esters is 1. The number of nitrogens with one attached hydrogen (secondary N) is 2. The molecule has 2 aromatic rings. The van der Waals surface area contributed by atoms with Gasteiger partial charge in [-0.15, -0.1) is 0 Å². The van der Waals surface area contributed by atoms with Crippen LogP contribution in [0.1, 0.15) is 44.7 Å². The lowest BCUT2D eigenvalue weighted by molar-refractivity contribution is -0.147. The van der Waals surface area contributed by atoms with Gasteiger partial charge in [-0.25, -0.2) is 8.78 Å². The van der Waals surface area contributed by atoms with Crippen molar-refractivity contribution in [3.63, 3.8) is 0 Å². The van der Waals surface area contributed by atoms with E-state index in [1.165, 1.54) is 6.08 Å². The van der Waals surface area contributed by atoms with E-state index in [1.807, 2.05) is 32.9 Å². The number of carbonyl (C=O) groups excluding carboxylic acids is 5. The van der Waals surface area contributed by atoms with Crippen LogP contribution in [0, 0.1) is 24.4 Å². The van der Waals surface area contributed by atoms with Crippen LogP contribution in [0.2, 0.25) is 0 Å². The van der Waals surface area contributed by atoms with E-state index in [0.29, 0.717) is 18.2 Å². The molecule has 254 valence electrons. The Morgan fingerprint density at radius 3 is 2.51 bits per heavy atom. The molecule has 3 amide bonds. The second-order valence-electron chi connectivity index (χ2n) is 11.8. The molecule has 3 rings (SSSR count). The van der Waals surface area contributed by atoms with Crippen LogP contribution in [0.25, 0.3) is 0 Å². The van der Waals surface area contributed by atoms with E-state index in [1.54, 1.807) is 12.1 Å². The molecule has 0 spiro atoms. The first-order valence-corrected chi connectivity index (χ1v) is 14.8. The summed E-state index contributed by atoms with van der Waals surface area (Å²) in [5, 5.41) is 5.01. The molecule has 1 fully saturated rings. The number of hydrogen-bond acceptors (Lipinski definition) is 8. The fourth-order valence-corrected chi connectivity index (χ4v) is 4.70. The molecule has 0 radical (unpaired) electrons. The maximum absolute atomic E-state index is 14.3. The van der Waals surface area contributed by atoms with Crippen molar-refractivity contribution in [3.8, 4) is 5.75 Å². The van der Waals surface area contributed by atoms with E-state index < -0.39 is 83.4 Å². The molecule has 2 aromatic carbocycles. The summed E-state index contributed by atoms with van der Waals surface area (Å²) in [6.07, 6.45) is -0.469. The zero-order valence-corrected chi connectivity index (χ0v) is 26.6. The Kier molecular flexibility index (Phi) is 12.7. The monoisotopic (exact) mass is 661 g/mol. The molecule has 2 atom stereocenters. The normalized spacial score (nSPS) is 15.6. The molecule has 0 aromatic heterocycles. The lowest BCUT2D eigenvalue weighted by Gasteiger charge is -2.26. The van der Waals surface area contributed by atoms with E-state index in [0.717, 1.165) is 17.4 Å². The van der Waals surface area contributed by atoms with Gasteiger partial charge in [0, 0.05) is 30.5 Å². The highest BCUT2D eigenvalue weighted by Crippen LogP contribution is 2.29. The predicted molar refractivity (Wildman–Crippen MR) is 164 cm³/mol. The van der Waals surface area contributed by atoms with Crippen molar-refractivity contribution in [2.24, 2.45) is 0 Å². The summed E-state index contributed by atoms with van der Waals surface area (Å²) >= 11 is 0. The van der Waals surface area contributed by atoms with Crippen molar-refractivity contribution < 1.29 is 51.4 Å². The van der Waals surface area contributed by atoms with Gasteiger partial charge in [-0.3, -0.25) is 24.0 Å². The minimum atomic E-state index is -1.60. The van der Waals surface area contributed by atoms with Gasteiger partial charge in [0.25, 0.3) is 5.91 Å². The van der Waals surface area contributed by atoms with E-state index in [2.05, 4.69) is 17.2 Å². The number of rotatable bonds is 11. The third kappa shape index (κ3) is 9.88. The molecular weight excluding hydrogens is 623 g/mol. The average Bonchev–Trinajstić information content (AvgIpc) is 3.28. The minimum absolute atomic E-state index is 0.0309. The second-order valence-corrected chi connectivity index (χ2v) is 11.8. The zero-order valence-electron chi connectivity index (χ0n) is 26.6. The maximum atomic E-state index is 14.3. The van der Waals surface area contributed by atoms with Crippen molar-refractivity contribution >= 4 is 35.2 Å². The van der Waals surface area contributed by atoms with Gasteiger partial charge in [0.15, 0.2) is 23.5 Å². The number of ketones is 1. The number of ether oxygens (including phenoxy) is 3. The molecule has 14 heteroatoms. The van der Waals surface area contributed by atoms with Crippen molar-refractivity contribution in [2.45, 2.75) is 58.1 Å². The first-order chi connectivity index (χ1) is 22.1. The number of benzene rings is 2. The van der Waals surface area contributed by atoms with Crippen molar-refractivity contribution in [2.75, 3.05) is 38.2 Å². The minimum Gasteiger partial charge on any atom is -0.482 e. The number of Topliss-reactive ketones (excluding diaryl/α,β-unsaturated/α-hetero) is 1. The van der Waals surface area contributed by atoms with Crippen LogP contribution < -0.4 is 15.4 Å². The number of carbonyl (C=O) groups is 5. The van der Waals surface area contributed by atoms with E-state index in [4.69, 9.17) is 14.2 Å². The van der Waals surface area contributed by atoms with Crippen LogP contribution in [-0.2, 0) is 38.9 Å². The Hall–Kier alpha value is -4.72. The zero-order chi connectivity index (χ0) is 34.9. The van der Waals surface area contributed by atoms with Crippen molar-refractivity contribution in [3.05, 3.63) is 71.6 Å². The molecule has 11 nitrogen and oxygen atoms in total. The van der Waals surface area contributed by atoms with Crippen LogP contribution in [0.15, 0.2) is 43.0 Å². The third-order valence-electron chi connectivity index (χ3n) is 7.19. The van der Waals surface area contributed by atoms with Crippen LogP contribution in [0.4, 0.5) is 18.9 Å². The highest BCUT2D eigenvalue weighted by atomic mass is 19.2. The Balaban J connectivity index is 1.74. The molecule has 0 bridgehead atoms. The number of hydrogen-bond donors (Lipinski definition) is 2. The SMILES string of the molecule is C=CCOC(=O)C[C@H](NC(=O)[C@@H]1CN(C(=O)C(=O)Nc2ccccc2C(C)(C)C)CCCO1)C(=O)COc1c(C)c(F)cc(F)c1F. The molecule has 1 aliphatic rings. The Morgan fingerprint density at radius 2 is 1.83 bits per heavy atom. The Morgan fingerprint density at radius 1 is 1.13 bits per heavy atom. The summed E-state index contributed by atoms with van der Waals surface area (Å²) in [5.74, 6) is -9.63. The second kappa shape index (κ2) is 16.2. The Labute approximate surface area is 270 Å². The van der Waals surface area contributed by atoms with Gasteiger partial charge in [-0.05, 0) is 30.4 Å². The number of anilines is 1. The smallest absolute Gasteiger partial charge is 0.313 e. The lowest BCUT2D eigenvalue weighted by Crippen LogP contribution is -2.52. The summed E-state index contributed by atoms with van der Waals surface area (Å²) in [6, 6.07) is 5.78. The molecule has 2 N–H and O–H groups in total. The summed E-state index contributed by atoms with van der Waals surface area (Å²) in [7, 11) is 0. The topological polar surface area (TPSA) is 140 Å². The molecule has 0 aliphatic carbocycles. The summed E-state index contributed by atoms with van der Waals surface area (Å²) in [4.78, 5) is 66.1. The van der Waals surface area contributed by atoms with E-state index >= 15 is 0 Å². The Bertz CT molecular complexity index is 1500. The largest absolute Gasteiger partial charge is 0.482 e. The number of halogens is 3. The quantitative estimate of drug-likeness (QED) is 0.161. The molecular formula is C33H38F3N3O8. The first-order valence-electron chi connectivity index (χ1n) is 14.8. The fraction of sp³-hybridized carbons (Fsp3) is 0.424. The number of nitrogens with zero attached hydrogens (tertiary/aromatic N) is 1. The first kappa shape index (κ1) is 36.7. The molecule has 0 unspecified atom stereocenters. The highest BCUT2D eigenvalue weighted by molar-refractivity contribution is 6.39. The van der Waals surface area contributed by atoms with Gasteiger partial charge in [0.05, 0.1) is 13.0 Å². The van der Waals surface area contributed by atoms with Crippen LogP contribution in [0.5, 0.6) is 5.75 Å². The van der Waals surface area contributed by atoms with E-state index in [-0.39, 0.29) is 31.7 Å². The molecule has 1 saturated heterocycles. The van der Waals surface area contributed by atoms with Gasteiger partial charge in [-0.2, -0.15) is 4.39 Å². The molecule has 1 aliphatic heterocycles. The van der Waals surface area contributed by atoms with Gasteiger partial charge in [0.2, 0.25) is 5.82 Å². The standard InChI is InChI=1S/C33H38F3N3O8/c1-6-13-46-27(41)16-24(25(40)18-47-29-19(2)21(34)15-22(35)28(29)36)38-30(42)26-17-39(12-9-14-45-26)32(44)31(43)37-23-11-8-7-10-20(23)33(3,4)5/h6-8,10-11,15,24,26H,1,9,12-14,16-18H2,2-5H3,(H,37,43)(H,38,42)/t24-,26-/m0/s1. The van der Waals surface area contributed by atoms with Crippen molar-refractivity contribution in [1.82, 2.24) is 10.2 Å². The van der Waals surface area contributed by atoms with Crippen LogP contribution >= 0.6 is 0 Å². The lowest BCUT2D eigenvalue weighted by atomic mass is 9.86. The van der Waals surface area contributed by atoms with Crippen LogP contribution in [0.3, 0.4) is 0 Å². The highest BCUT2D eigenvalue weighted by Gasteiger charge is 2.34. The summed E-state index contributed by atoms with van der Waals surface area (Å²) in [5.41, 5.74) is 0.542. The summed E-state index contributed by atoms with van der Waals surface area (Å²) < 4.78 is 57.6. The average molecular weight is 662 g/mol.